The Morgan fingerprint density at radius 2 is 2.00 bits per heavy atom. The molecule has 0 bridgehead atoms. The molecule has 18 heavy (non-hydrogen) atoms. The number of nitrogens with two attached hydrogens (primary N) is 1. The van der Waals surface area contributed by atoms with Crippen LogP contribution >= 0.6 is 0 Å². The van der Waals surface area contributed by atoms with Gasteiger partial charge in [-0.25, -0.2) is 4.98 Å². The lowest BCUT2D eigenvalue weighted by Gasteiger charge is -2.07. The molecule has 1 heterocycles. The first-order valence-corrected chi connectivity index (χ1v) is 5.73. The predicted octanol–water partition coefficient (Wildman–Crippen LogP) is 2.19. The van der Waals surface area contributed by atoms with Crippen LogP contribution in [0.4, 0.5) is 11.4 Å². The van der Waals surface area contributed by atoms with Crippen LogP contribution in [0.5, 0.6) is 0 Å². The van der Waals surface area contributed by atoms with Crippen molar-refractivity contribution >= 4 is 11.4 Å². The Balaban J connectivity index is 1.93. The summed E-state index contributed by atoms with van der Waals surface area (Å²) in [5.74, 6) is 0. The molecular formula is C14H14N4. The van der Waals surface area contributed by atoms with E-state index in [0.29, 0.717) is 5.69 Å². The van der Waals surface area contributed by atoms with Crippen LogP contribution in [0.15, 0.2) is 42.6 Å². The maximum Gasteiger partial charge on any atom is 0.163 e. The third-order valence-corrected chi connectivity index (χ3v) is 2.62. The van der Waals surface area contributed by atoms with Crippen LogP contribution in [0.1, 0.15) is 11.3 Å². The molecule has 0 radical (unpaired) electrons. The van der Waals surface area contributed by atoms with Gasteiger partial charge in [0.05, 0.1) is 5.69 Å². The van der Waals surface area contributed by atoms with Crippen molar-refractivity contribution in [2.75, 3.05) is 17.6 Å². The van der Waals surface area contributed by atoms with Gasteiger partial charge in [0.25, 0.3) is 0 Å². The van der Waals surface area contributed by atoms with E-state index in [1.165, 1.54) is 5.56 Å². The minimum atomic E-state index is 0.426. The Morgan fingerprint density at radius 3 is 2.72 bits per heavy atom. The Bertz CT molecular complexity index is 555. The summed E-state index contributed by atoms with van der Waals surface area (Å²) >= 11 is 0. The van der Waals surface area contributed by atoms with Gasteiger partial charge in [0.2, 0.25) is 0 Å². The maximum atomic E-state index is 8.90. The van der Waals surface area contributed by atoms with Gasteiger partial charge in [-0.1, -0.05) is 12.1 Å². The van der Waals surface area contributed by atoms with Gasteiger partial charge in [-0.15, -0.1) is 0 Å². The molecule has 90 valence electrons. The molecular weight excluding hydrogens is 224 g/mol. The molecule has 0 aliphatic rings. The summed E-state index contributed by atoms with van der Waals surface area (Å²) in [6.07, 6.45) is 2.49. The Kier molecular flexibility index (Phi) is 3.77. The van der Waals surface area contributed by atoms with E-state index in [2.05, 4.69) is 16.4 Å². The van der Waals surface area contributed by atoms with E-state index in [9.17, 15) is 0 Å². The molecule has 0 aliphatic carbocycles. The summed E-state index contributed by atoms with van der Waals surface area (Å²) in [5.41, 5.74) is 8.80. The second-order valence-electron chi connectivity index (χ2n) is 3.93. The lowest BCUT2D eigenvalue weighted by atomic mass is 10.1. The zero-order valence-corrected chi connectivity index (χ0v) is 9.93. The van der Waals surface area contributed by atoms with Crippen LogP contribution in [-0.4, -0.2) is 11.5 Å². The van der Waals surface area contributed by atoms with Gasteiger partial charge in [0, 0.05) is 18.4 Å². The lowest BCUT2D eigenvalue weighted by molar-refractivity contribution is 1.01. The minimum Gasteiger partial charge on any atom is -0.399 e. The standard InChI is InChI=1S/C14H14N4/c15-10-14-13(2-1-8-17-14)18-9-7-11-3-5-12(16)6-4-11/h1-6,8,18H,7,9,16H2. The molecule has 0 saturated heterocycles. The predicted molar refractivity (Wildman–Crippen MR) is 72.0 cm³/mol. The van der Waals surface area contributed by atoms with Gasteiger partial charge >= 0.3 is 0 Å². The normalized spacial score (nSPS) is 9.72. The molecule has 0 aliphatic heterocycles. The number of benzene rings is 1. The average Bonchev–Trinajstić information content (AvgIpc) is 2.41. The molecule has 2 aromatic rings. The molecule has 0 amide bonds. The van der Waals surface area contributed by atoms with E-state index < -0.39 is 0 Å². The molecule has 0 fully saturated rings. The fourth-order valence-corrected chi connectivity index (χ4v) is 1.66. The van der Waals surface area contributed by atoms with Crippen LogP contribution in [0.25, 0.3) is 0 Å². The Hall–Kier alpha value is -2.54. The van der Waals surface area contributed by atoms with Crippen molar-refractivity contribution in [3.63, 3.8) is 0 Å². The fraction of sp³-hybridized carbons (Fsp3) is 0.143. The van der Waals surface area contributed by atoms with E-state index in [0.717, 1.165) is 24.3 Å². The fourth-order valence-electron chi connectivity index (χ4n) is 1.66. The van der Waals surface area contributed by atoms with Crippen molar-refractivity contribution in [1.29, 1.82) is 5.26 Å². The molecule has 0 spiro atoms. The van der Waals surface area contributed by atoms with Crippen molar-refractivity contribution in [3.8, 4) is 6.07 Å². The molecule has 3 N–H and O–H groups in total. The van der Waals surface area contributed by atoms with Crippen LogP contribution in [-0.2, 0) is 6.42 Å². The smallest absolute Gasteiger partial charge is 0.163 e. The van der Waals surface area contributed by atoms with E-state index in [1.54, 1.807) is 6.20 Å². The SMILES string of the molecule is N#Cc1ncccc1NCCc1ccc(N)cc1. The zero-order chi connectivity index (χ0) is 12.8. The molecule has 0 saturated carbocycles. The Labute approximate surface area is 106 Å². The van der Waals surface area contributed by atoms with Gasteiger partial charge in [-0.05, 0) is 36.2 Å². The van der Waals surface area contributed by atoms with Crippen molar-refractivity contribution in [3.05, 3.63) is 53.9 Å². The molecule has 2 rings (SSSR count). The first kappa shape index (κ1) is 11.9. The molecule has 0 atom stereocenters. The summed E-state index contributed by atoms with van der Waals surface area (Å²) < 4.78 is 0. The number of rotatable bonds is 4. The van der Waals surface area contributed by atoms with Crippen LogP contribution < -0.4 is 11.1 Å². The number of hydrogen-bond acceptors (Lipinski definition) is 4. The summed E-state index contributed by atoms with van der Waals surface area (Å²) in [7, 11) is 0. The summed E-state index contributed by atoms with van der Waals surface area (Å²) in [4.78, 5) is 3.99. The van der Waals surface area contributed by atoms with Crippen molar-refractivity contribution in [1.82, 2.24) is 4.98 Å². The quantitative estimate of drug-likeness (QED) is 0.801. The molecule has 4 heteroatoms. The number of nitrogens with zero attached hydrogens (tertiary/aromatic N) is 2. The van der Waals surface area contributed by atoms with E-state index in [4.69, 9.17) is 11.0 Å². The Morgan fingerprint density at radius 1 is 1.22 bits per heavy atom. The number of aromatic nitrogens is 1. The van der Waals surface area contributed by atoms with E-state index >= 15 is 0 Å². The highest BCUT2D eigenvalue weighted by molar-refractivity contribution is 5.53. The third-order valence-electron chi connectivity index (χ3n) is 2.62. The number of nitrogens with one attached hydrogen (secondary N) is 1. The van der Waals surface area contributed by atoms with E-state index in [-0.39, 0.29) is 0 Å². The molecule has 4 nitrogen and oxygen atoms in total. The highest BCUT2D eigenvalue weighted by atomic mass is 14.9. The molecule has 1 aromatic carbocycles. The largest absolute Gasteiger partial charge is 0.399 e. The number of nitrogen functional groups attached to an aromatic ring is 1. The molecule has 0 unspecified atom stereocenters. The maximum absolute atomic E-state index is 8.90. The number of nitriles is 1. The van der Waals surface area contributed by atoms with Gasteiger partial charge in [0.1, 0.15) is 6.07 Å². The summed E-state index contributed by atoms with van der Waals surface area (Å²) in [5, 5.41) is 12.1. The minimum absolute atomic E-state index is 0.426. The number of anilines is 2. The van der Waals surface area contributed by atoms with E-state index in [1.807, 2.05) is 36.4 Å². The topological polar surface area (TPSA) is 74.7 Å². The van der Waals surface area contributed by atoms with Crippen LogP contribution in [0, 0.1) is 11.3 Å². The van der Waals surface area contributed by atoms with Gasteiger partial charge in [-0.2, -0.15) is 5.26 Å². The average molecular weight is 238 g/mol. The number of pyridine rings is 1. The van der Waals surface area contributed by atoms with Gasteiger partial charge in [-0.3, -0.25) is 0 Å². The van der Waals surface area contributed by atoms with Crippen molar-refractivity contribution in [2.45, 2.75) is 6.42 Å². The molecule has 1 aromatic heterocycles. The van der Waals surface area contributed by atoms with Crippen LogP contribution in [0.3, 0.4) is 0 Å². The van der Waals surface area contributed by atoms with Crippen LogP contribution in [0.2, 0.25) is 0 Å². The lowest BCUT2D eigenvalue weighted by Crippen LogP contribution is -2.06. The monoisotopic (exact) mass is 238 g/mol. The summed E-state index contributed by atoms with van der Waals surface area (Å²) in [6.45, 7) is 0.754. The third kappa shape index (κ3) is 2.98. The first-order valence-electron chi connectivity index (χ1n) is 5.73. The summed E-state index contributed by atoms with van der Waals surface area (Å²) in [6, 6.07) is 13.5. The number of hydrogen-bond donors (Lipinski definition) is 2. The second-order valence-corrected chi connectivity index (χ2v) is 3.93. The van der Waals surface area contributed by atoms with Crippen molar-refractivity contribution < 1.29 is 0 Å². The van der Waals surface area contributed by atoms with Gasteiger partial charge < -0.3 is 11.1 Å². The zero-order valence-electron chi connectivity index (χ0n) is 9.93. The first-order chi connectivity index (χ1) is 8.79. The highest BCUT2D eigenvalue weighted by Gasteiger charge is 2.00. The highest BCUT2D eigenvalue weighted by Crippen LogP contribution is 2.11. The second kappa shape index (κ2) is 5.69. The van der Waals surface area contributed by atoms with Gasteiger partial charge in [0.15, 0.2) is 5.69 Å². The van der Waals surface area contributed by atoms with Crippen molar-refractivity contribution in [2.24, 2.45) is 0 Å².